The van der Waals surface area contributed by atoms with Crippen LogP contribution in [-0.2, 0) is 4.74 Å². The molecule has 0 unspecified atom stereocenters. The number of hydrogen-bond acceptors (Lipinski definition) is 5. The molecule has 0 radical (unpaired) electrons. The molecule has 7 nitrogen and oxygen atoms in total. The summed E-state index contributed by atoms with van der Waals surface area (Å²) in [6.45, 7) is 7.74. The van der Waals surface area contributed by atoms with Crippen molar-refractivity contribution >= 4 is 28.5 Å². The second-order valence-electron chi connectivity index (χ2n) is 6.49. The van der Waals surface area contributed by atoms with Crippen molar-refractivity contribution in [3.8, 4) is 5.69 Å². The summed E-state index contributed by atoms with van der Waals surface area (Å²) in [4.78, 5) is 10.4. The van der Waals surface area contributed by atoms with Crippen LogP contribution in [0.5, 0.6) is 0 Å². The van der Waals surface area contributed by atoms with E-state index >= 15 is 0 Å². The SMILES string of the molecule is Cc1ccc(Cl)cc1-n1ncc2c(NCC[NH+]3CCOCC3)ncnc21. The van der Waals surface area contributed by atoms with E-state index in [1.807, 2.05) is 29.8 Å². The van der Waals surface area contributed by atoms with Gasteiger partial charge in [0.05, 0.1) is 43.6 Å². The minimum absolute atomic E-state index is 0.676. The number of rotatable bonds is 5. The van der Waals surface area contributed by atoms with Gasteiger partial charge in [0.1, 0.15) is 25.2 Å². The van der Waals surface area contributed by atoms with Gasteiger partial charge in [-0.1, -0.05) is 17.7 Å². The Hall–Kier alpha value is -2.22. The summed E-state index contributed by atoms with van der Waals surface area (Å²) in [5.41, 5.74) is 2.78. The minimum atomic E-state index is 0.676. The third kappa shape index (κ3) is 3.51. The highest BCUT2D eigenvalue weighted by Crippen LogP contribution is 2.25. The van der Waals surface area contributed by atoms with Gasteiger partial charge in [-0.05, 0) is 24.6 Å². The molecule has 1 saturated heterocycles. The molecule has 3 aromatic rings. The fourth-order valence-electron chi connectivity index (χ4n) is 3.24. The molecule has 136 valence electrons. The zero-order valence-corrected chi connectivity index (χ0v) is 15.5. The molecule has 1 fully saturated rings. The maximum absolute atomic E-state index is 6.16. The zero-order valence-electron chi connectivity index (χ0n) is 14.7. The molecule has 0 aliphatic carbocycles. The Kier molecular flexibility index (Phi) is 5.01. The van der Waals surface area contributed by atoms with Gasteiger partial charge in [0.25, 0.3) is 0 Å². The van der Waals surface area contributed by atoms with E-state index in [9.17, 15) is 0 Å². The van der Waals surface area contributed by atoms with Crippen LogP contribution in [0.1, 0.15) is 5.56 Å². The maximum atomic E-state index is 6.16. The number of aromatic nitrogens is 4. The van der Waals surface area contributed by atoms with Gasteiger partial charge in [-0.15, -0.1) is 0 Å². The number of benzene rings is 1. The van der Waals surface area contributed by atoms with Crippen LogP contribution in [0, 0.1) is 6.92 Å². The standard InChI is InChI=1S/C18H21ClN6O/c1-13-2-3-14(19)10-16(13)25-18-15(11-23-25)17(21-12-22-18)20-4-5-24-6-8-26-9-7-24/h2-3,10-12H,4-9H2,1H3,(H,20,21,22)/p+1. The lowest BCUT2D eigenvalue weighted by molar-refractivity contribution is -0.906. The first-order chi connectivity index (χ1) is 12.7. The summed E-state index contributed by atoms with van der Waals surface area (Å²) >= 11 is 6.16. The third-order valence-corrected chi connectivity index (χ3v) is 4.97. The van der Waals surface area contributed by atoms with E-state index in [1.165, 1.54) is 0 Å². The van der Waals surface area contributed by atoms with Crippen LogP contribution >= 0.6 is 11.6 Å². The summed E-state index contributed by atoms with van der Waals surface area (Å²) in [5.74, 6) is 0.814. The first-order valence-corrected chi connectivity index (χ1v) is 9.20. The lowest BCUT2D eigenvalue weighted by Gasteiger charge is -2.23. The molecule has 0 amide bonds. The lowest BCUT2D eigenvalue weighted by Crippen LogP contribution is -3.14. The second kappa shape index (κ2) is 7.57. The Balaban J connectivity index is 1.56. The van der Waals surface area contributed by atoms with Gasteiger partial charge in [-0.25, -0.2) is 14.6 Å². The highest BCUT2D eigenvalue weighted by Gasteiger charge is 2.15. The number of nitrogens with zero attached hydrogens (tertiary/aromatic N) is 4. The highest BCUT2D eigenvalue weighted by molar-refractivity contribution is 6.30. The molecule has 8 heteroatoms. The van der Waals surface area contributed by atoms with E-state index in [0.29, 0.717) is 5.02 Å². The van der Waals surface area contributed by atoms with Crippen LogP contribution < -0.4 is 10.2 Å². The first-order valence-electron chi connectivity index (χ1n) is 8.83. The van der Waals surface area contributed by atoms with Crippen molar-refractivity contribution in [1.82, 2.24) is 19.7 Å². The Labute approximate surface area is 156 Å². The summed E-state index contributed by atoms with van der Waals surface area (Å²) in [5, 5.41) is 9.54. The normalized spacial score (nSPS) is 15.5. The van der Waals surface area contributed by atoms with E-state index in [4.69, 9.17) is 16.3 Å². The number of morpholine rings is 1. The van der Waals surface area contributed by atoms with Gasteiger partial charge in [-0.3, -0.25) is 0 Å². The number of fused-ring (bicyclic) bond motifs is 1. The number of quaternary nitrogens is 1. The molecule has 26 heavy (non-hydrogen) atoms. The monoisotopic (exact) mass is 373 g/mol. The van der Waals surface area contributed by atoms with Crippen molar-refractivity contribution in [2.75, 3.05) is 44.7 Å². The Morgan fingerprint density at radius 3 is 2.96 bits per heavy atom. The highest BCUT2D eigenvalue weighted by atomic mass is 35.5. The topological polar surface area (TPSA) is 69.3 Å². The van der Waals surface area contributed by atoms with Crippen molar-refractivity contribution < 1.29 is 9.64 Å². The molecule has 0 bridgehead atoms. The maximum Gasteiger partial charge on any atom is 0.168 e. The van der Waals surface area contributed by atoms with Gasteiger partial charge in [0.2, 0.25) is 0 Å². The predicted molar refractivity (Wildman–Crippen MR) is 101 cm³/mol. The van der Waals surface area contributed by atoms with E-state index in [-0.39, 0.29) is 0 Å². The van der Waals surface area contributed by atoms with Crippen LogP contribution in [0.4, 0.5) is 5.82 Å². The van der Waals surface area contributed by atoms with E-state index < -0.39 is 0 Å². The minimum Gasteiger partial charge on any atom is -0.370 e. The lowest BCUT2D eigenvalue weighted by atomic mass is 10.2. The van der Waals surface area contributed by atoms with E-state index in [2.05, 4.69) is 20.4 Å². The summed E-state index contributed by atoms with van der Waals surface area (Å²) in [6, 6.07) is 5.76. The Bertz CT molecular complexity index is 906. The Morgan fingerprint density at radius 1 is 1.27 bits per heavy atom. The summed E-state index contributed by atoms with van der Waals surface area (Å²) in [6.07, 6.45) is 3.38. The van der Waals surface area contributed by atoms with Gasteiger partial charge in [-0.2, -0.15) is 5.10 Å². The average Bonchev–Trinajstić information content (AvgIpc) is 3.09. The van der Waals surface area contributed by atoms with Crippen LogP contribution in [0.15, 0.2) is 30.7 Å². The molecule has 2 aromatic heterocycles. The molecule has 3 heterocycles. The fourth-order valence-corrected chi connectivity index (χ4v) is 3.41. The molecule has 0 atom stereocenters. The predicted octanol–water partition coefficient (Wildman–Crippen LogP) is 1.10. The van der Waals surface area contributed by atoms with Crippen molar-refractivity contribution in [1.29, 1.82) is 0 Å². The average molecular weight is 374 g/mol. The Morgan fingerprint density at radius 2 is 2.12 bits per heavy atom. The molecule has 1 aliphatic rings. The van der Waals surface area contributed by atoms with Crippen LogP contribution in [-0.4, -0.2) is 59.1 Å². The molecule has 1 aromatic carbocycles. The molecule has 0 spiro atoms. The van der Waals surface area contributed by atoms with Crippen molar-refractivity contribution in [2.24, 2.45) is 0 Å². The van der Waals surface area contributed by atoms with Gasteiger partial charge < -0.3 is 15.0 Å². The van der Waals surface area contributed by atoms with Crippen molar-refractivity contribution in [3.63, 3.8) is 0 Å². The number of hydrogen-bond donors (Lipinski definition) is 2. The number of ether oxygens (including phenoxy) is 1. The summed E-state index contributed by atoms with van der Waals surface area (Å²) < 4.78 is 7.22. The smallest absolute Gasteiger partial charge is 0.168 e. The first kappa shape index (κ1) is 17.2. The molecule has 0 saturated carbocycles. The van der Waals surface area contributed by atoms with Crippen LogP contribution in [0.25, 0.3) is 16.7 Å². The zero-order chi connectivity index (χ0) is 17.9. The molecule has 1 aliphatic heterocycles. The molecule has 2 N–H and O–H groups in total. The quantitative estimate of drug-likeness (QED) is 0.701. The number of nitrogens with one attached hydrogen (secondary N) is 2. The van der Waals surface area contributed by atoms with E-state index in [1.54, 1.807) is 17.4 Å². The number of aryl methyl sites for hydroxylation is 1. The van der Waals surface area contributed by atoms with Gasteiger partial charge in [0, 0.05) is 5.02 Å². The van der Waals surface area contributed by atoms with Crippen LogP contribution in [0.3, 0.4) is 0 Å². The van der Waals surface area contributed by atoms with Crippen LogP contribution in [0.2, 0.25) is 5.02 Å². The van der Waals surface area contributed by atoms with Gasteiger partial charge >= 0.3 is 0 Å². The molecule has 4 rings (SSSR count). The molecular weight excluding hydrogens is 352 g/mol. The molecular formula is C18H22ClN6O+. The number of anilines is 1. The summed E-state index contributed by atoms with van der Waals surface area (Å²) in [7, 11) is 0. The fraction of sp³-hybridized carbons (Fsp3) is 0.389. The number of halogens is 1. The van der Waals surface area contributed by atoms with Crippen molar-refractivity contribution in [2.45, 2.75) is 6.92 Å². The largest absolute Gasteiger partial charge is 0.370 e. The second-order valence-corrected chi connectivity index (χ2v) is 6.92. The third-order valence-electron chi connectivity index (χ3n) is 4.74. The van der Waals surface area contributed by atoms with Gasteiger partial charge in [0.15, 0.2) is 5.65 Å². The van der Waals surface area contributed by atoms with Crippen molar-refractivity contribution in [3.05, 3.63) is 41.3 Å². The van der Waals surface area contributed by atoms with E-state index in [0.717, 1.165) is 67.5 Å².